The van der Waals surface area contributed by atoms with Gasteiger partial charge in [-0.2, -0.15) is 0 Å². The second-order valence-electron chi connectivity index (χ2n) is 12.2. The van der Waals surface area contributed by atoms with E-state index in [-0.39, 0.29) is 0 Å². The minimum atomic E-state index is -2.87. The maximum atomic E-state index is 8.70. The molecule has 0 fully saturated rings. The van der Waals surface area contributed by atoms with Crippen LogP contribution in [0.4, 0.5) is 0 Å². The third kappa shape index (κ3) is 9.19. The Morgan fingerprint density at radius 2 is 0.413 bits per heavy atom. The zero-order chi connectivity index (χ0) is 31.7. The van der Waals surface area contributed by atoms with Crippen molar-refractivity contribution in [2.45, 2.75) is 38.5 Å². The maximum absolute atomic E-state index is 8.70. The Morgan fingerprint density at radius 3 is 0.522 bits per heavy atom. The minimum absolute atomic E-state index is 0.953. The third-order valence-corrected chi connectivity index (χ3v) is 8.40. The molecular formula is C42H38O3P+. The van der Waals surface area contributed by atoms with Gasteiger partial charge in [0.2, 0.25) is 0 Å². The van der Waals surface area contributed by atoms with Crippen LogP contribution in [0.1, 0.15) is 66.8 Å². The topological polar surface area (TPSA) is 57.5 Å². The zero-order valence-corrected chi connectivity index (χ0v) is 26.7. The molecular weight excluding hydrogens is 583 g/mol. The lowest BCUT2D eigenvalue weighted by Crippen LogP contribution is -1.97. The van der Waals surface area contributed by atoms with Crippen molar-refractivity contribution in [3.63, 3.8) is 0 Å². The van der Waals surface area contributed by atoms with E-state index in [0.29, 0.717) is 0 Å². The van der Waals surface area contributed by atoms with Crippen LogP contribution in [-0.2, 0) is 43.1 Å². The fourth-order valence-electron chi connectivity index (χ4n) is 6.51. The van der Waals surface area contributed by atoms with Gasteiger partial charge in [-0.25, -0.2) is 0 Å². The highest BCUT2D eigenvalue weighted by Gasteiger charge is 2.07. The fourth-order valence-corrected chi connectivity index (χ4v) is 6.51. The van der Waals surface area contributed by atoms with Gasteiger partial charge in [-0.3, -0.25) is 0 Å². The fraction of sp³-hybridized carbons (Fsp3) is 0.143. The SMILES string of the molecule is O=[P+](O)O.c1cc2cc(c1)Cc1cccc(c1)Cc1cccc(c1)Cc1cccc(c1)Cc1cccc(c1)Cc1cccc(c1)C2. The summed E-state index contributed by atoms with van der Waals surface area (Å²) in [7, 11) is -2.87. The average molecular weight is 622 g/mol. The van der Waals surface area contributed by atoms with Gasteiger partial charge < -0.3 is 0 Å². The molecule has 2 N–H and O–H groups in total. The van der Waals surface area contributed by atoms with Crippen LogP contribution in [0.2, 0.25) is 0 Å². The zero-order valence-electron chi connectivity index (χ0n) is 25.8. The van der Waals surface area contributed by atoms with Gasteiger partial charge >= 0.3 is 8.25 Å². The van der Waals surface area contributed by atoms with Crippen molar-refractivity contribution >= 4 is 8.25 Å². The van der Waals surface area contributed by atoms with Crippen LogP contribution >= 0.6 is 8.25 Å². The summed E-state index contributed by atoms with van der Waals surface area (Å²) in [4.78, 5) is 14.2. The van der Waals surface area contributed by atoms with E-state index in [1.807, 2.05) is 0 Å². The molecule has 4 heteroatoms. The van der Waals surface area contributed by atoms with Crippen LogP contribution in [0.15, 0.2) is 146 Å². The summed E-state index contributed by atoms with van der Waals surface area (Å²) < 4.78 is 8.70. The van der Waals surface area contributed by atoms with Crippen LogP contribution < -0.4 is 0 Å². The first-order valence-corrected chi connectivity index (χ1v) is 16.9. The summed E-state index contributed by atoms with van der Waals surface area (Å²) >= 11 is 0. The molecule has 0 unspecified atom stereocenters. The highest BCUT2D eigenvalue weighted by molar-refractivity contribution is 7.30. The molecule has 3 nitrogen and oxygen atoms in total. The molecule has 0 aromatic heterocycles. The van der Waals surface area contributed by atoms with E-state index in [9.17, 15) is 0 Å². The Balaban J connectivity index is 0.000000879. The van der Waals surface area contributed by atoms with E-state index in [4.69, 9.17) is 14.4 Å². The lowest BCUT2D eigenvalue weighted by Gasteiger charge is -2.11. The molecule has 6 aromatic rings. The van der Waals surface area contributed by atoms with Gasteiger partial charge in [0, 0.05) is 4.57 Å². The second-order valence-corrected chi connectivity index (χ2v) is 12.7. The Morgan fingerprint density at radius 1 is 0.304 bits per heavy atom. The summed E-state index contributed by atoms with van der Waals surface area (Å²) in [5.41, 5.74) is 16.5. The molecule has 0 spiro atoms. The molecule has 0 amide bonds. The lowest BCUT2D eigenvalue weighted by molar-refractivity contribution is 0.405. The largest absolute Gasteiger partial charge is 0.692 e. The molecule has 6 aromatic carbocycles. The quantitative estimate of drug-likeness (QED) is 0.166. The molecule has 0 atom stereocenters. The molecule has 0 heterocycles. The van der Waals surface area contributed by atoms with Crippen LogP contribution in [-0.4, -0.2) is 9.79 Å². The van der Waals surface area contributed by atoms with Crippen molar-refractivity contribution in [1.82, 2.24) is 0 Å². The Labute approximate surface area is 272 Å². The monoisotopic (exact) mass is 621 g/mol. The van der Waals surface area contributed by atoms with E-state index in [2.05, 4.69) is 146 Å². The molecule has 0 radical (unpaired) electrons. The van der Waals surface area contributed by atoms with E-state index in [0.717, 1.165) is 38.5 Å². The van der Waals surface area contributed by atoms with Crippen molar-refractivity contribution in [2.24, 2.45) is 0 Å². The normalized spacial score (nSPS) is 12.6. The molecule has 0 saturated carbocycles. The number of hydrogen-bond acceptors (Lipinski definition) is 1. The number of rotatable bonds is 0. The average Bonchev–Trinajstić information content (AvgIpc) is 3.02. The van der Waals surface area contributed by atoms with E-state index in [1.54, 1.807) is 0 Å². The molecule has 0 aliphatic heterocycles. The summed E-state index contributed by atoms with van der Waals surface area (Å²) in [6, 6.07) is 54.8. The van der Waals surface area contributed by atoms with Gasteiger partial charge in [0.1, 0.15) is 0 Å². The Bertz CT molecular complexity index is 1500. The number of hydrogen-bond donors (Lipinski definition) is 2. The standard InChI is InChI=1S/C42H36.HO3P/c1-7-31-19-32(8-1)26-34-10-3-12-36(21-34)28-38-14-5-16-40(23-38)30-42-18-6-17-41(24-42)29-39-15-4-13-37(22-39)27-35-11-2-9-33(20-35)25-31;1-4(2)3/h1-24H,25-30H2;(H-,1,2,3)/p+1. The van der Waals surface area contributed by atoms with Gasteiger partial charge in [-0.05, 0) is 105 Å². The van der Waals surface area contributed by atoms with E-state index in [1.165, 1.54) is 66.8 Å². The molecule has 46 heavy (non-hydrogen) atoms. The van der Waals surface area contributed by atoms with Crippen LogP contribution in [0.5, 0.6) is 0 Å². The van der Waals surface area contributed by atoms with Crippen LogP contribution in [0.3, 0.4) is 0 Å². The first kappa shape index (κ1) is 31.3. The summed E-state index contributed by atoms with van der Waals surface area (Å²) in [5.74, 6) is 0. The predicted octanol–water partition coefficient (Wildman–Crippen LogP) is 9.17. The lowest BCUT2D eigenvalue weighted by atomic mass is 9.94. The molecule has 7 rings (SSSR count). The highest BCUT2D eigenvalue weighted by Crippen LogP contribution is 2.22. The van der Waals surface area contributed by atoms with Crippen molar-refractivity contribution in [2.75, 3.05) is 0 Å². The first-order valence-electron chi connectivity index (χ1n) is 15.8. The molecule has 1 aliphatic rings. The van der Waals surface area contributed by atoms with Gasteiger partial charge in [0.15, 0.2) is 0 Å². The summed E-state index contributed by atoms with van der Waals surface area (Å²) in [5, 5.41) is 0. The van der Waals surface area contributed by atoms with Crippen molar-refractivity contribution in [1.29, 1.82) is 0 Å². The van der Waals surface area contributed by atoms with Crippen molar-refractivity contribution < 1.29 is 14.4 Å². The molecule has 0 saturated heterocycles. The summed E-state index contributed by atoms with van der Waals surface area (Å²) in [6.45, 7) is 0. The van der Waals surface area contributed by atoms with Crippen LogP contribution in [0, 0.1) is 0 Å². The van der Waals surface area contributed by atoms with Gasteiger partial charge in [0.25, 0.3) is 0 Å². The van der Waals surface area contributed by atoms with Crippen molar-refractivity contribution in [3.05, 3.63) is 212 Å². The number of benzene rings is 6. The van der Waals surface area contributed by atoms with Gasteiger partial charge in [0.05, 0.1) is 0 Å². The second kappa shape index (κ2) is 15.1. The number of fused-ring (bicyclic) bond motifs is 12. The Hall–Kier alpha value is -4.66. The Kier molecular flexibility index (Phi) is 10.3. The molecule has 1 aliphatic carbocycles. The third-order valence-electron chi connectivity index (χ3n) is 8.40. The summed E-state index contributed by atoms with van der Waals surface area (Å²) in [6.07, 6.45) is 5.72. The van der Waals surface area contributed by atoms with Crippen molar-refractivity contribution in [3.8, 4) is 0 Å². The first-order chi connectivity index (χ1) is 22.4. The van der Waals surface area contributed by atoms with Gasteiger partial charge in [-0.15, -0.1) is 9.79 Å². The van der Waals surface area contributed by atoms with Crippen LogP contribution in [0.25, 0.3) is 0 Å². The highest BCUT2D eigenvalue weighted by atomic mass is 31.1. The van der Waals surface area contributed by atoms with E-state index < -0.39 is 8.25 Å². The van der Waals surface area contributed by atoms with E-state index >= 15 is 0 Å². The minimum Gasteiger partial charge on any atom is -0.134 e. The molecule has 12 bridgehead atoms. The predicted molar refractivity (Wildman–Crippen MR) is 188 cm³/mol. The smallest absolute Gasteiger partial charge is 0.134 e. The molecule has 228 valence electrons. The maximum Gasteiger partial charge on any atom is 0.692 e. The van der Waals surface area contributed by atoms with Gasteiger partial charge in [-0.1, -0.05) is 146 Å².